The lowest BCUT2D eigenvalue weighted by molar-refractivity contribution is 0.316. The summed E-state index contributed by atoms with van der Waals surface area (Å²) in [5, 5.41) is 3.60. The van der Waals surface area contributed by atoms with Gasteiger partial charge in [0.05, 0.1) is 0 Å². The minimum Gasteiger partial charge on any atom is -0.383 e. The minimum absolute atomic E-state index is 0.538. The highest BCUT2D eigenvalue weighted by molar-refractivity contribution is 5.55. The van der Waals surface area contributed by atoms with Gasteiger partial charge in [-0.15, -0.1) is 0 Å². The van der Waals surface area contributed by atoms with Gasteiger partial charge in [-0.1, -0.05) is 26.2 Å². The smallest absolute Gasteiger partial charge is 0.134 e. The van der Waals surface area contributed by atoms with Crippen LogP contribution in [0.2, 0.25) is 0 Å². The molecule has 2 atom stereocenters. The van der Waals surface area contributed by atoms with Crippen molar-refractivity contribution in [3.8, 4) is 0 Å². The molecule has 0 spiro atoms. The van der Waals surface area contributed by atoms with Crippen molar-refractivity contribution in [2.45, 2.75) is 58.9 Å². The lowest BCUT2D eigenvalue weighted by Gasteiger charge is -2.32. The van der Waals surface area contributed by atoms with Gasteiger partial charge in [-0.05, 0) is 32.6 Å². The minimum atomic E-state index is 0.538. The zero-order chi connectivity index (χ0) is 13.1. The third kappa shape index (κ3) is 2.74. The summed E-state index contributed by atoms with van der Waals surface area (Å²) in [6.45, 7) is 6.15. The van der Waals surface area contributed by atoms with Gasteiger partial charge in [-0.3, -0.25) is 0 Å². The first-order valence-electron chi connectivity index (χ1n) is 6.99. The van der Waals surface area contributed by atoms with E-state index < -0.39 is 0 Å². The number of nitrogens with two attached hydrogens (primary N) is 1. The third-order valence-electron chi connectivity index (χ3n) is 4.05. The Labute approximate surface area is 109 Å². The van der Waals surface area contributed by atoms with Crippen LogP contribution in [-0.4, -0.2) is 16.0 Å². The number of nitrogens with one attached hydrogen (secondary N) is 1. The second-order valence-electron chi connectivity index (χ2n) is 5.33. The molecule has 100 valence electrons. The maximum Gasteiger partial charge on any atom is 0.134 e. The van der Waals surface area contributed by atoms with E-state index in [-0.39, 0.29) is 0 Å². The van der Waals surface area contributed by atoms with Crippen molar-refractivity contribution in [1.29, 1.82) is 0 Å². The molecule has 0 amide bonds. The highest BCUT2D eigenvalue weighted by Gasteiger charge is 2.24. The van der Waals surface area contributed by atoms with Crippen molar-refractivity contribution >= 4 is 11.6 Å². The number of anilines is 2. The summed E-state index contributed by atoms with van der Waals surface area (Å²) < 4.78 is 0. The first kappa shape index (κ1) is 13.1. The Kier molecular flexibility index (Phi) is 4.04. The first-order chi connectivity index (χ1) is 8.61. The number of hydrogen-bond acceptors (Lipinski definition) is 4. The number of hydrogen-bond donors (Lipinski definition) is 2. The molecule has 2 rings (SSSR count). The SMILES string of the molecule is CCC1CCCCC1Nc1nc(C)nc(N)c1C. The van der Waals surface area contributed by atoms with Gasteiger partial charge in [-0.25, -0.2) is 9.97 Å². The number of nitrogens with zero attached hydrogens (tertiary/aromatic N) is 2. The van der Waals surface area contributed by atoms with Crippen molar-refractivity contribution in [2.24, 2.45) is 5.92 Å². The Morgan fingerprint density at radius 1 is 1.22 bits per heavy atom. The Balaban J connectivity index is 2.17. The van der Waals surface area contributed by atoms with Crippen LogP contribution in [0, 0.1) is 19.8 Å². The molecule has 1 aromatic rings. The number of rotatable bonds is 3. The fraction of sp³-hybridized carbons (Fsp3) is 0.714. The molecule has 4 nitrogen and oxygen atoms in total. The second kappa shape index (κ2) is 5.55. The summed E-state index contributed by atoms with van der Waals surface area (Å²) in [7, 11) is 0. The summed E-state index contributed by atoms with van der Waals surface area (Å²) in [5.41, 5.74) is 6.88. The van der Waals surface area contributed by atoms with E-state index in [0.717, 1.165) is 23.1 Å². The van der Waals surface area contributed by atoms with Crippen molar-refractivity contribution in [2.75, 3.05) is 11.1 Å². The molecule has 2 unspecified atom stereocenters. The van der Waals surface area contributed by atoms with Gasteiger partial charge in [0.2, 0.25) is 0 Å². The fourth-order valence-corrected chi connectivity index (χ4v) is 2.85. The highest BCUT2D eigenvalue weighted by Crippen LogP contribution is 2.30. The van der Waals surface area contributed by atoms with Gasteiger partial charge in [0.15, 0.2) is 0 Å². The fourth-order valence-electron chi connectivity index (χ4n) is 2.85. The van der Waals surface area contributed by atoms with Gasteiger partial charge in [0, 0.05) is 11.6 Å². The predicted octanol–water partition coefficient (Wildman–Crippen LogP) is 3.06. The molecular weight excluding hydrogens is 224 g/mol. The van der Waals surface area contributed by atoms with Crippen LogP contribution in [0.15, 0.2) is 0 Å². The molecule has 0 aliphatic heterocycles. The summed E-state index contributed by atoms with van der Waals surface area (Å²) in [5.74, 6) is 3.01. The van der Waals surface area contributed by atoms with E-state index in [1.807, 2.05) is 13.8 Å². The van der Waals surface area contributed by atoms with Crippen molar-refractivity contribution in [3.63, 3.8) is 0 Å². The molecule has 1 aromatic heterocycles. The monoisotopic (exact) mass is 248 g/mol. The van der Waals surface area contributed by atoms with Gasteiger partial charge in [-0.2, -0.15) is 0 Å². The predicted molar refractivity (Wildman–Crippen MR) is 75.6 cm³/mol. The van der Waals surface area contributed by atoms with Crippen LogP contribution in [0.3, 0.4) is 0 Å². The zero-order valence-corrected chi connectivity index (χ0v) is 11.7. The summed E-state index contributed by atoms with van der Waals surface area (Å²) >= 11 is 0. The van der Waals surface area contributed by atoms with Crippen LogP contribution in [-0.2, 0) is 0 Å². The maximum atomic E-state index is 5.90. The van der Waals surface area contributed by atoms with Gasteiger partial charge in [0.1, 0.15) is 17.5 Å². The Bertz CT molecular complexity index is 417. The molecule has 18 heavy (non-hydrogen) atoms. The topological polar surface area (TPSA) is 63.8 Å². The Morgan fingerprint density at radius 2 is 1.94 bits per heavy atom. The largest absolute Gasteiger partial charge is 0.383 e. The van der Waals surface area contributed by atoms with Gasteiger partial charge in [0.25, 0.3) is 0 Å². The molecule has 0 radical (unpaired) electrons. The summed E-state index contributed by atoms with van der Waals surface area (Å²) in [6.07, 6.45) is 6.47. The van der Waals surface area contributed by atoms with E-state index in [1.54, 1.807) is 0 Å². The molecule has 3 N–H and O–H groups in total. The second-order valence-corrected chi connectivity index (χ2v) is 5.33. The maximum absolute atomic E-state index is 5.90. The number of nitrogen functional groups attached to an aromatic ring is 1. The summed E-state index contributed by atoms with van der Waals surface area (Å²) in [6, 6.07) is 0.538. The molecule has 1 heterocycles. The number of aryl methyl sites for hydroxylation is 1. The van der Waals surface area contributed by atoms with Crippen LogP contribution >= 0.6 is 0 Å². The Hall–Kier alpha value is -1.32. The average Bonchev–Trinajstić information content (AvgIpc) is 2.36. The first-order valence-corrected chi connectivity index (χ1v) is 6.99. The van der Waals surface area contributed by atoms with E-state index in [9.17, 15) is 0 Å². The molecular formula is C14H24N4. The van der Waals surface area contributed by atoms with E-state index in [0.29, 0.717) is 11.9 Å². The molecule has 1 aliphatic rings. The molecule has 4 heteroatoms. The van der Waals surface area contributed by atoms with Crippen LogP contribution in [0.5, 0.6) is 0 Å². The molecule has 1 saturated carbocycles. The van der Waals surface area contributed by atoms with Gasteiger partial charge < -0.3 is 11.1 Å². The zero-order valence-electron chi connectivity index (χ0n) is 11.7. The highest BCUT2D eigenvalue weighted by atomic mass is 15.1. The molecule has 1 fully saturated rings. The van der Waals surface area contributed by atoms with Crippen molar-refractivity contribution in [1.82, 2.24) is 9.97 Å². The molecule has 0 aromatic carbocycles. The van der Waals surface area contributed by atoms with E-state index in [1.165, 1.54) is 32.1 Å². The van der Waals surface area contributed by atoms with E-state index in [4.69, 9.17) is 5.73 Å². The quantitative estimate of drug-likeness (QED) is 0.863. The molecule has 1 aliphatic carbocycles. The molecule has 0 bridgehead atoms. The van der Waals surface area contributed by atoms with E-state index in [2.05, 4.69) is 22.2 Å². The lowest BCUT2D eigenvalue weighted by atomic mass is 9.83. The third-order valence-corrected chi connectivity index (χ3v) is 4.05. The van der Waals surface area contributed by atoms with Crippen molar-refractivity contribution < 1.29 is 0 Å². The van der Waals surface area contributed by atoms with Crippen molar-refractivity contribution in [3.05, 3.63) is 11.4 Å². The van der Waals surface area contributed by atoms with Crippen LogP contribution in [0.25, 0.3) is 0 Å². The van der Waals surface area contributed by atoms with E-state index >= 15 is 0 Å². The van der Waals surface area contributed by atoms with Crippen LogP contribution in [0.4, 0.5) is 11.6 Å². The normalized spacial score (nSPS) is 23.9. The molecule has 0 saturated heterocycles. The van der Waals surface area contributed by atoms with Crippen LogP contribution < -0.4 is 11.1 Å². The standard InChI is InChI=1S/C14H24N4/c1-4-11-7-5-6-8-12(11)18-14-9(2)13(15)16-10(3)17-14/h11-12H,4-8H2,1-3H3,(H3,15,16,17,18). The lowest BCUT2D eigenvalue weighted by Crippen LogP contribution is -2.32. The average molecular weight is 248 g/mol. The summed E-state index contributed by atoms with van der Waals surface area (Å²) in [4.78, 5) is 8.69. The number of aromatic nitrogens is 2. The van der Waals surface area contributed by atoms with Crippen LogP contribution in [0.1, 0.15) is 50.4 Å². The van der Waals surface area contributed by atoms with Gasteiger partial charge >= 0.3 is 0 Å². The Morgan fingerprint density at radius 3 is 2.67 bits per heavy atom.